The van der Waals surface area contributed by atoms with Crippen molar-refractivity contribution in [3.63, 3.8) is 0 Å². The molecule has 0 heterocycles. The number of unbranched alkanes of at least 4 members (excludes halogenated alkanes) is 1. The molecule has 4 nitrogen and oxygen atoms in total. The van der Waals surface area contributed by atoms with E-state index in [1.54, 1.807) is 25.3 Å². The number of nitrogens with one attached hydrogen (secondary N) is 1. The SMILES string of the molecule is CCCCC(=O)Nc1cc(N)ccc1OC. The first-order chi connectivity index (χ1) is 7.67. The monoisotopic (exact) mass is 222 g/mol. The van der Waals surface area contributed by atoms with Crippen LogP contribution in [0.5, 0.6) is 5.75 Å². The van der Waals surface area contributed by atoms with Crippen LogP contribution < -0.4 is 15.8 Å². The number of benzene rings is 1. The number of carbonyl (C=O) groups excluding carboxylic acids is 1. The molecule has 1 rings (SSSR count). The van der Waals surface area contributed by atoms with E-state index in [0.717, 1.165) is 12.8 Å². The second-order valence-electron chi connectivity index (χ2n) is 3.61. The number of ether oxygens (including phenoxy) is 1. The molecule has 88 valence electrons. The van der Waals surface area contributed by atoms with Gasteiger partial charge in [0.2, 0.25) is 5.91 Å². The molecule has 16 heavy (non-hydrogen) atoms. The van der Waals surface area contributed by atoms with E-state index in [-0.39, 0.29) is 5.91 Å². The lowest BCUT2D eigenvalue weighted by Gasteiger charge is -2.10. The molecule has 0 aromatic heterocycles. The van der Waals surface area contributed by atoms with Crippen molar-refractivity contribution in [3.05, 3.63) is 18.2 Å². The molecule has 0 fully saturated rings. The maximum atomic E-state index is 11.5. The molecule has 1 aromatic carbocycles. The highest BCUT2D eigenvalue weighted by atomic mass is 16.5. The van der Waals surface area contributed by atoms with E-state index < -0.39 is 0 Å². The van der Waals surface area contributed by atoms with Crippen molar-refractivity contribution < 1.29 is 9.53 Å². The van der Waals surface area contributed by atoms with Crippen LogP contribution in [-0.4, -0.2) is 13.0 Å². The van der Waals surface area contributed by atoms with Crippen LogP contribution in [-0.2, 0) is 4.79 Å². The van der Waals surface area contributed by atoms with Crippen molar-refractivity contribution >= 4 is 17.3 Å². The number of rotatable bonds is 5. The van der Waals surface area contributed by atoms with Crippen LogP contribution in [0.3, 0.4) is 0 Å². The van der Waals surface area contributed by atoms with Crippen molar-refractivity contribution in [1.29, 1.82) is 0 Å². The van der Waals surface area contributed by atoms with Gasteiger partial charge in [-0.05, 0) is 24.6 Å². The van der Waals surface area contributed by atoms with Gasteiger partial charge in [-0.25, -0.2) is 0 Å². The van der Waals surface area contributed by atoms with E-state index in [0.29, 0.717) is 23.5 Å². The quantitative estimate of drug-likeness (QED) is 0.752. The van der Waals surface area contributed by atoms with Gasteiger partial charge >= 0.3 is 0 Å². The molecule has 4 heteroatoms. The topological polar surface area (TPSA) is 64.4 Å². The Morgan fingerprint density at radius 2 is 2.25 bits per heavy atom. The molecule has 0 aliphatic carbocycles. The van der Waals surface area contributed by atoms with Gasteiger partial charge in [0.15, 0.2) is 0 Å². The lowest BCUT2D eigenvalue weighted by molar-refractivity contribution is -0.116. The summed E-state index contributed by atoms with van der Waals surface area (Å²) >= 11 is 0. The fourth-order valence-electron chi connectivity index (χ4n) is 1.37. The summed E-state index contributed by atoms with van der Waals surface area (Å²) in [4.78, 5) is 11.5. The highest BCUT2D eigenvalue weighted by molar-refractivity contribution is 5.92. The van der Waals surface area contributed by atoms with Gasteiger partial charge in [0, 0.05) is 12.1 Å². The Morgan fingerprint density at radius 1 is 1.50 bits per heavy atom. The molecule has 0 saturated heterocycles. The first-order valence-electron chi connectivity index (χ1n) is 5.40. The third-order valence-electron chi connectivity index (χ3n) is 2.26. The Bertz CT molecular complexity index is 364. The molecule has 0 aliphatic heterocycles. The number of amides is 1. The lowest BCUT2D eigenvalue weighted by atomic mass is 10.2. The maximum Gasteiger partial charge on any atom is 0.224 e. The van der Waals surface area contributed by atoms with Gasteiger partial charge in [0.25, 0.3) is 0 Å². The smallest absolute Gasteiger partial charge is 0.224 e. The molecule has 0 aliphatic rings. The lowest BCUT2D eigenvalue weighted by Crippen LogP contribution is -2.12. The number of nitrogens with two attached hydrogens (primary N) is 1. The molecule has 3 N–H and O–H groups in total. The zero-order chi connectivity index (χ0) is 12.0. The van der Waals surface area contributed by atoms with E-state index in [2.05, 4.69) is 5.32 Å². The third kappa shape index (κ3) is 3.46. The van der Waals surface area contributed by atoms with E-state index in [4.69, 9.17) is 10.5 Å². The Balaban J connectivity index is 2.71. The van der Waals surface area contributed by atoms with E-state index >= 15 is 0 Å². The van der Waals surface area contributed by atoms with Crippen LogP contribution in [0, 0.1) is 0 Å². The van der Waals surface area contributed by atoms with Crippen molar-refractivity contribution in [2.45, 2.75) is 26.2 Å². The summed E-state index contributed by atoms with van der Waals surface area (Å²) < 4.78 is 5.14. The number of hydrogen-bond donors (Lipinski definition) is 2. The minimum Gasteiger partial charge on any atom is -0.495 e. The fourth-order valence-corrected chi connectivity index (χ4v) is 1.37. The molecule has 0 radical (unpaired) electrons. The highest BCUT2D eigenvalue weighted by Crippen LogP contribution is 2.26. The van der Waals surface area contributed by atoms with Gasteiger partial charge in [-0.1, -0.05) is 13.3 Å². The molecule has 1 aromatic rings. The van der Waals surface area contributed by atoms with Crippen LogP contribution in [0.4, 0.5) is 11.4 Å². The minimum absolute atomic E-state index is 0.00856. The molecule has 0 unspecified atom stereocenters. The molecular weight excluding hydrogens is 204 g/mol. The van der Waals surface area contributed by atoms with Crippen LogP contribution >= 0.6 is 0 Å². The summed E-state index contributed by atoms with van der Waals surface area (Å²) in [6.07, 6.45) is 2.41. The van der Waals surface area contributed by atoms with Crippen LogP contribution in [0.25, 0.3) is 0 Å². The zero-order valence-corrected chi connectivity index (χ0v) is 9.75. The largest absolute Gasteiger partial charge is 0.495 e. The molecule has 0 atom stereocenters. The van der Waals surface area contributed by atoms with Gasteiger partial charge in [-0.15, -0.1) is 0 Å². The van der Waals surface area contributed by atoms with Crippen molar-refractivity contribution in [1.82, 2.24) is 0 Å². The molecular formula is C12H18N2O2. The van der Waals surface area contributed by atoms with Crippen LogP contribution in [0.2, 0.25) is 0 Å². The first kappa shape index (κ1) is 12.4. The van der Waals surface area contributed by atoms with Gasteiger partial charge in [-0.3, -0.25) is 4.79 Å². The summed E-state index contributed by atoms with van der Waals surface area (Å²) in [5.41, 5.74) is 6.88. The van der Waals surface area contributed by atoms with Gasteiger partial charge in [-0.2, -0.15) is 0 Å². The zero-order valence-electron chi connectivity index (χ0n) is 9.75. The molecule has 0 spiro atoms. The number of hydrogen-bond acceptors (Lipinski definition) is 3. The molecule has 0 bridgehead atoms. The third-order valence-corrected chi connectivity index (χ3v) is 2.26. The second kappa shape index (κ2) is 6.00. The number of nitrogen functional groups attached to an aromatic ring is 1. The van der Waals surface area contributed by atoms with Gasteiger partial charge in [0.05, 0.1) is 12.8 Å². The predicted molar refractivity (Wildman–Crippen MR) is 65.6 cm³/mol. The number of anilines is 2. The van der Waals surface area contributed by atoms with E-state index in [1.165, 1.54) is 0 Å². The second-order valence-corrected chi connectivity index (χ2v) is 3.61. The first-order valence-corrected chi connectivity index (χ1v) is 5.40. The molecule has 1 amide bonds. The maximum absolute atomic E-state index is 11.5. The Hall–Kier alpha value is -1.71. The van der Waals surface area contributed by atoms with Gasteiger partial charge in [0.1, 0.15) is 5.75 Å². The van der Waals surface area contributed by atoms with Crippen LogP contribution in [0.1, 0.15) is 26.2 Å². The number of methoxy groups -OCH3 is 1. The highest BCUT2D eigenvalue weighted by Gasteiger charge is 2.07. The van der Waals surface area contributed by atoms with E-state index in [1.807, 2.05) is 6.92 Å². The Labute approximate surface area is 95.8 Å². The summed E-state index contributed by atoms with van der Waals surface area (Å²) in [6.45, 7) is 2.05. The number of carbonyl (C=O) groups is 1. The average molecular weight is 222 g/mol. The summed E-state index contributed by atoms with van der Waals surface area (Å²) in [5, 5.41) is 2.79. The normalized spacial score (nSPS) is 9.88. The van der Waals surface area contributed by atoms with Crippen molar-refractivity contribution in [2.24, 2.45) is 0 Å². The Morgan fingerprint density at radius 3 is 2.88 bits per heavy atom. The summed E-state index contributed by atoms with van der Waals surface area (Å²) in [6, 6.07) is 5.17. The molecule has 0 saturated carbocycles. The van der Waals surface area contributed by atoms with Crippen molar-refractivity contribution in [3.8, 4) is 5.75 Å². The van der Waals surface area contributed by atoms with Gasteiger partial charge < -0.3 is 15.8 Å². The Kier molecular flexibility index (Phi) is 4.64. The van der Waals surface area contributed by atoms with Crippen LogP contribution in [0.15, 0.2) is 18.2 Å². The standard InChI is InChI=1S/C12H18N2O2/c1-3-4-5-12(15)14-10-8-9(13)6-7-11(10)16-2/h6-8H,3-5,13H2,1-2H3,(H,14,15). The summed E-state index contributed by atoms with van der Waals surface area (Å²) in [5.74, 6) is 0.616. The van der Waals surface area contributed by atoms with E-state index in [9.17, 15) is 4.79 Å². The fraction of sp³-hybridized carbons (Fsp3) is 0.417. The minimum atomic E-state index is -0.00856. The average Bonchev–Trinajstić information content (AvgIpc) is 2.27. The predicted octanol–water partition coefficient (Wildman–Crippen LogP) is 2.41. The summed E-state index contributed by atoms with van der Waals surface area (Å²) in [7, 11) is 1.56. The van der Waals surface area contributed by atoms with Crippen molar-refractivity contribution in [2.75, 3.05) is 18.2 Å².